The molecule has 0 aromatic rings. The van der Waals surface area contributed by atoms with E-state index in [-0.39, 0.29) is 31.1 Å². The third kappa shape index (κ3) is 45.3. The maximum absolute atomic E-state index is 12.7. The van der Waals surface area contributed by atoms with Gasteiger partial charge in [0, 0.05) is 19.3 Å². The minimum Gasteiger partial charge on any atom is -0.462 e. The van der Waals surface area contributed by atoms with Crippen molar-refractivity contribution in [1.29, 1.82) is 0 Å². The Labute approximate surface area is 355 Å². The Hall–Kier alpha value is -1.59. The summed E-state index contributed by atoms with van der Waals surface area (Å²) in [6.45, 7) is 9.01. The van der Waals surface area contributed by atoms with Gasteiger partial charge < -0.3 is 14.2 Å². The zero-order chi connectivity index (χ0) is 41.7. The van der Waals surface area contributed by atoms with Gasteiger partial charge in [-0.2, -0.15) is 0 Å². The minimum absolute atomic E-state index is 0.0629. The molecule has 0 aliphatic carbocycles. The van der Waals surface area contributed by atoms with Crippen LogP contribution in [0.15, 0.2) is 0 Å². The number of hydrogen-bond acceptors (Lipinski definition) is 6. The SMILES string of the molecule is CCCCCCCCCCCCC(=O)OC[C@@H](COC(=O)CCCCCCCCCCCCCCCCCCC(C)C)OC(=O)CCCCCCCCCCCC. The van der Waals surface area contributed by atoms with Crippen LogP contribution in [0.25, 0.3) is 0 Å². The van der Waals surface area contributed by atoms with Crippen molar-refractivity contribution in [2.45, 2.75) is 291 Å². The topological polar surface area (TPSA) is 78.9 Å². The van der Waals surface area contributed by atoms with Crippen LogP contribution in [-0.2, 0) is 28.6 Å². The molecule has 6 heteroatoms. The first-order chi connectivity index (χ1) is 27.9. The number of unbranched alkanes of at least 4 members (excludes halogenated alkanes) is 33. The summed E-state index contributed by atoms with van der Waals surface area (Å²) < 4.78 is 16.7. The third-order valence-corrected chi connectivity index (χ3v) is 11.5. The maximum atomic E-state index is 12.7. The van der Waals surface area contributed by atoms with Crippen molar-refractivity contribution in [3.63, 3.8) is 0 Å². The van der Waals surface area contributed by atoms with Crippen LogP contribution in [0.2, 0.25) is 0 Å². The van der Waals surface area contributed by atoms with E-state index in [2.05, 4.69) is 27.7 Å². The highest BCUT2D eigenvalue weighted by molar-refractivity contribution is 5.71. The van der Waals surface area contributed by atoms with Gasteiger partial charge in [0.15, 0.2) is 6.10 Å². The van der Waals surface area contributed by atoms with Gasteiger partial charge in [-0.05, 0) is 25.2 Å². The normalized spacial score (nSPS) is 11.9. The average Bonchev–Trinajstić information content (AvgIpc) is 3.19. The quantitative estimate of drug-likeness (QED) is 0.0346. The molecule has 0 unspecified atom stereocenters. The summed E-state index contributed by atoms with van der Waals surface area (Å²) >= 11 is 0. The standard InChI is InChI=1S/C51H98O6/c1-5-7-9-11-13-15-26-30-34-38-42-49(52)55-45-48(57-51(54)44-40-36-32-27-16-14-12-10-8-6-2)46-56-50(53)43-39-35-31-28-24-22-20-18-17-19-21-23-25-29-33-37-41-47(3)4/h47-48H,5-46H2,1-4H3/t48-/m0/s1. The van der Waals surface area contributed by atoms with Crippen molar-refractivity contribution in [3.05, 3.63) is 0 Å². The average molecular weight is 807 g/mol. The number of rotatable bonds is 46. The Morgan fingerprint density at radius 1 is 0.333 bits per heavy atom. The molecule has 0 heterocycles. The van der Waals surface area contributed by atoms with Crippen LogP contribution < -0.4 is 0 Å². The van der Waals surface area contributed by atoms with Gasteiger partial charge in [-0.1, -0.05) is 246 Å². The van der Waals surface area contributed by atoms with E-state index in [1.165, 1.54) is 180 Å². The highest BCUT2D eigenvalue weighted by atomic mass is 16.6. The maximum Gasteiger partial charge on any atom is 0.306 e. The molecular formula is C51H98O6. The molecule has 0 aliphatic heterocycles. The molecule has 0 saturated heterocycles. The van der Waals surface area contributed by atoms with E-state index in [0.717, 1.165) is 63.7 Å². The van der Waals surface area contributed by atoms with Gasteiger partial charge in [-0.15, -0.1) is 0 Å². The summed E-state index contributed by atoms with van der Waals surface area (Å²) in [4.78, 5) is 37.8. The molecule has 0 radical (unpaired) electrons. The number of carbonyl (C=O) groups excluding carboxylic acids is 3. The van der Waals surface area contributed by atoms with Crippen LogP contribution in [-0.4, -0.2) is 37.2 Å². The van der Waals surface area contributed by atoms with Crippen LogP contribution in [0.1, 0.15) is 285 Å². The van der Waals surface area contributed by atoms with Gasteiger partial charge in [0.05, 0.1) is 0 Å². The van der Waals surface area contributed by atoms with Crippen LogP contribution in [0.4, 0.5) is 0 Å². The molecule has 0 amide bonds. The van der Waals surface area contributed by atoms with E-state index < -0.39 is 6.10 Å². The summed E-state index contributed by atoms with van der Waals surface area (Å²) in [5.74, 6) is 0.00393. The van der Waals surface area contributed by atoms with Crippen molar-refractivity contribution in [1.82, 2.24) is 0 Å². The third-order valence-electron chi connectivity index (χ3n) is 11.5. The molecule has 0 saturated carbocycles. The predicted molar refractivity (Wildman–Crippen MR) is 243 cm³/mol. The van der Waals surface area contributed by atoms with Crippen LogP contribution >= 0.6 is 0 Å². The van der Waals surface area contributed by atoms with Gasteiger partial charge in [0.25, 0.3) is 0 Å². The summed E-state index contributed by atoms with van der Waals surface area (Å²) in [5, 5.41) is 0. The number of carbonyl (C=O) groups is 3. The Kier molecular flexibility index (Phi) is 44.2. The highest BCUT2D eigenvalue weighted by Gasteiger charge is 2.19. The predicted octanol–water partition coefficient (Wildman–Crippen LogP) is 16.3. The second-order valence-electron chi connectivity index (χ2n) is 17.9. The largest absolute Gasteiger partial charge is 0.462 e. The molecule has 57 heavy (non-hydrogen) atoms. The summed E-state index contributed by atoms with van der Waals surface area (Å²) in [5.41, 5.74) is 0. The van der Waals surface area contributed by atoms with Crippen LogP contribution in [0, 0.1) is 5.92 Å². The van der Waals surface area contributed by atoms with E-state index in [9.17, 15) is 14.4 Å². The lowest BCUT2D eigenvalue weighted by atomic mass is 10.0. The molecule has 0 N–H and O–H groups in total. The number of ether oxygens (including phenoxy) is 3. The molecule has 338 valence electrons. The zero-order valence-electron chi connectivity index (χ0n) is 38.8. The van der Waals surface area contributed by atoms with Gasteiger partial charge in [0.1, 0.15) is 13.2 Å². The van der Waals surface area contributed by atoms with E-state index in [1.54, 1.807) is 0 Å². The van der Waals surface area contributed by atoms with Gasteiger partial charge in [-0.25, -0.2) is 0 Å². The fraction of sp³-hybridized carbons (Fsp3) is 0.941. The van der Waals surface area contributed by atoms with Gasteiger partial charge in [0.2, 0.25) is 0 Å². The fourth-order valence-corrected chi connectivity index (χ4v) is 7.69. The van der Waals surface area contributed by atoms with E-state index in [1.807, 2.05) is 0 Å². The Morgan fingerprint density at radius 3 is 0.860 bits per heavy atom. The molecule has 0 fully saturated rings. The second kappa shape index (κ2) is 45.5. The minimum atomic E-state index is -0.759. The lowest BCUT2D eigenvalue weighted by molar-refractivity contribution is -0.167. The molecular weight excluding hydrogens is 709 g/mol. The van der Waals surface area contributed by atoms with Crippen molar-refractivity contribution in [2.75, 3.05) is 13.2 Å². The molecule has 0 rings (SSSR count). The summed E-state index contributed by atoms with van der Waals surface area (Å²) in [6.07, 6.45) is 46.6. The van der Waals surface area contributed by atoms with E-state index >= 15 is 0 Å². The Morgan fingerprint density at radius 2 is 0.579 bits per heavy atom. The van der Waals surface area contributed by atoms with Crippen LogP contribution in [0.3, 0.4) is 0 Å². The van der Waals surface area contributed by atoms with E-state index in [0.29, 0.717) is 19.3 Å². The van der Waals surface area contributed by atoms with Gasteiger partial charge >= 0.3 is 17.9 Å². The molecule has 6 nitrogen and oxygen atoms in total. The Bertz CT molecular complexity index is 857. The molecule has 0 spiro atoms. The lowest BCUT2D eigenvalue weighted by Gasteiger charge is -2.18. The molecule has 0 aliphatic rings. The van der Waals surface area contributed by atoms with Gasteiger partial charge in [-0.3, -0.25) is 14.4 Å². The van der Waals surface area contributed by atoms with Crippen molar-refractivity contribution >= 4 is 17.9 Å². The smallest absolute Gasteiger partial charge is 0.306 e. The first-order valence-corrected chi connectivity index (χ1v) is 25.4. The first kappa shape index (κ1) is 55.4. The van der Waals surface area contributed by atoms with Crippen LogP contribution in [0.5, 0.6) is 0 Å². The Balaban J connectivity index is 4.20. The first-order valence-electron chi connectivity index (χ1n) is 25.4. The van der Waals surface area contributed by atoms with Crippen molar-refractivity contribution in [2.24, 2.45) is 5.92 Å². The lowest BCUT2D eigenvalue weighted by Crippen LogP contribution is -2.30. The van der Waals surface area contributed by atoms with E-state index in [4.69, 9.17) is 14.2 Å². The summed E-state index contributed by atoms with van der Waals surface area (Å²) in [6, 6.07) is 0. The summed E-state index contributed by atoms with van der Waals surface area (Å²) in [7, 11) is 0. The molecule has 0 bridgehead atoms. The monoisotopic (exact) mass is 807 g/mol. The zero-order valence-corrected chi connectivity index (χ0v) is 38.8. The molecule has 0 aromatic heterocycles. The van der Waals surface area contributed by atoms with Crippen molar-refractivity contribution < 1.29 is 28.6 Å². The highest BCUT2D eigenvalue weighted by Crippen LogP contribution is 2.17. The number of hydrogen-bond donors (Lipinski definition) is 0. The molecule has 1 atom stereocenters. The number of esters is 3. The second-order valence-corrected chi connectivity index (χ2v) is 17.9. The molecule has 0 aromatic carbocycles. The van der Waals surface area contributed by atoms with Crippen molar-refractivity contribution in [3.8, 4) is 0 Å². The fourth-order valence-electron chi connectivity index (χ4n) is 7.69.